The van der Waals surface area contributed by atoms with Gasteiger partial charge in [-0.15, -0.1) is 0 Å². The molecule has 2 rings (SSSR count). The van der Waals surface area contributed by atoms with E-state index in [9.17, 15) is 14.5 Å². The molecule has 0 bridgehead atoms. The quantitative estimate of drug-likeness (QED) is 0.448. The summed E-state index contributed by atoms with van der Waals surface area (Å²) in [6, 6.07) is 9.86. The van der Waals surface area contributed by atoms with Crippen molar-refractivity contribution in [2.45, 2.75) is 13.5 Å². The van der Waals surface area contributed by atoms with Gasteiger partial charge in [0.1, 0.15) is 6.61 Å². The number of nitro benzene ring substituents is 1. The Kier molecular flexibility index (Phi) is 4.53. The number of nitrogens with zero attached hydrogens (tertiary/aromatic N) is 1. The monoisotopic (exact) mass is 387 g/mol. The molecule has 0 spiro atoms. The highest BCUT2D eigenvalue weighted by Crippen LogP contribution is 2.27. The van der Waals surface area contributed by atoms with Gasteiger partial charge in [-0.25, -0.2) is 4.39 Å². The van der Waals surface area contributed by atoms with Gasteiger partial charge in [0.15, 0.2) is 11.6 Å². The lowest BCUT2D eigenvalue weighted by molar-refractivity contribution is -0.385. The second-order valence-corrected chi connectivity index (χ2v) is 5.49. The maximum atomic E-state index is 13.7. The third kappa shape index (κ3) is 3.44. The molecular weight excluding hydrogens is 376 g/mol. The molecule has 20 heavy (non-hydrogen) atoms. The van der Waals surface area contributed by atoms with Crippen molar-refractivity contribution >= 4 is 28.3 Å². The summed E-state index contributed by atoms with van der Waals surface area (Å²) in [5.41, 5.74) is 1.03. The van der Waals surface area contributed by atoms with Gasteiger partial charge < -0.3 is 4.74 Å². The van der Waals surface area contributed by atoms with Gasteiger partial charge in [-0.05, 0) is 53.3 Å². The molecule has 0 aromatic heterocycles. The van der Waals surface area contributed by atoms with Gasteiger partial charge in [0.25, 0.3) is 5.69 Å². The van der Waals surface area contributed by atoms with Crippen molar-refractivity contribution in [1.82, 2.24) is 0 Å². The number of ether oxygens (including phenoxy) is 1. The minimum absolute atomic E-state index is 0.0200. The minimum Gasteiger partial charge on any atom is -0.486 e. The third-order valence-electron chi connectivity index (χ3n) is 2.75. The maximum absolute atomic E-state index is 13.7. The zero-order valence-electron chi connectivity index (χ0n) is 10.6. The zero-order valence-corrected chi connectivity index (χ0v) is 12.8. The van der Waals surface area contributed by atoms with Crippen LogP contribution in [0.4, 0.5) is 10.1 Å². The topological polar surface area (TPSA) is 52.4 Å². The Hall–Kier alpha value is -1.70. The van der Waals surface area contributed by atoms with Crippen LogP contribution < -0.4 is 4.74 Å². The molecule has 0 radical (unpaired) electrons. The van der Waals surface area contributed by atoms with Crippen molar-refractivity contribution < 1.29 is 14.1 Å². The summed E-state index contributed by atoms with van der Waals surface area (Å²) in [4.78, 5) is 10.1. The van der Waals surface area contributed by atoms with Crippen molar-refractivity contribution in [3.05, 3.63) is 67.0 Å². The van der Waals surface area contributed by atoms with E-state index in [1.807, 2.05) is 24.3 Å². The van der Waals surface area contributed by atoms with Crippen molar-refractivity contribution in [2.24, 2.45) is 0 Å². The standard InChI is InChI=1S/C14H11FINO3/c1-9-6-14(12(15)7-13(9)17(18)19)20-8-10-2-4-11(16)5-3-10/h2-7H,8H2,1H3. The number of hydrogen-bond donors (Lipinski definition) is 0. The zero-order chi connectivity index (χ0) is 14.7. The molecule has 4 nitrogen and oxygen atoms in total. The smallest absolute Gasteiger partial charge is 0.275 e. The summed E-state index contributed by atoms with van der Waals surface area (Å²) in [5.74, 6) is -0.709. The average Bonchev–Trinajstić information content (AvgIpc) is 2.41. The van der Waals surface area contributed by atoms with E-state index in [4.69, 9.17) is 4.74 Å². The molecule has 6 heteroatoms. The van der Waals surface area contributed by atoms with E-state index in [2.05, 4.69) is 22.6 Å². The van der Waals surface area contributed by atoms with Crippen LogP contribution in [-0.2, 0) is 6.61 Å². The number of hydrogen-bond acceptors (Lipinski definition) is 3. The molecule has 0 saturated heterocycles. The molecule has 2 aromatic rings. The SMILES string of the molecule is Cc1cc(OCc2ccc(I)cc2)c(F)cc1[N+](=O)[O-]. The van der Waals surface area contributed by atoms with E-state index in [-0.39, 0.29) is 18.0 Å². The van der Waals surface area contributed by atoms with Crippen molar-refractivity contribution in [2.75, 3.05) is 0 Å². The van der Waals surface area contributed by atoms with E-state index in [0.29, 0.717) is 5.56 Å². The van der Waals surface area contributed by atoms with E-state index < -0.39 is 10.7 Å². The van der Waals surface area contributed by atoms with Crippen molar-refractivity contribution in [1.29, 1.82) is 0 Å². The maximum Gasteiger partial charge on any atom is 0.275 e. The predicted octanol–water partition coefficient (Wildman–Crippen LogP) is 4.23. The van der Waals surface area contributed by atoms with Crippen LogP contribution in [0.1, 0.15) is 11.1 Å². The van der Waals surface area contributed by atoms with Crippen molar-refractivity contribution in [3.63, 3.8) is 0 Å². The lowest BCUT2D eigenvalue weighted by Gasteiger charge is -2.08. The normalized spacial score (nSPS) is 10.3. The number of rotatable bonds is 4. The number of halogens is 2. The molecule has 2 aromatic carbocycles. The van der Waals surface area contributed by atoms with Crippen LogP contribution in [0.5, 0.6) is 5.75 Å². The highest BCUT2D eigenvalue weighted by Gasteiger charge is 2.16. The van der Waals surface area contributed by atoms with E-state index in [0.717, 1.165) is 15.2 Å². The molecule has 0 N–H and O–H groups in total. The summed E-state index contributed by atoms with van der Waals surface area (Å²) < 4.78 is 20.2. The third-order valence-corrected chi connectivity index (χ3v) is 3.47. The molecule has 0 aliphatic carbocycles. The largest absolute Gasteiger partial charge is 0.486 e. The van der Waals surface area contributed by atoms with Gasteiger partial charge in [0.05, 0.1) is 11.0 Å². The van der Waals surface area contributed by atoms with Crippen LogP contribution >= 0.6 is 22.6 Å². The fraction of sp³-hybridized carbons (Fsp3) is 0.143. The minimum atomic E-state index is -0.729. The lowest BCUT2D eigenvalue weighted by Crippen LogP contribution is -2.00. The molecule has 0 atom stereocenters. The van der Waals surface area contributed by atoms with Crippen LogP contribution in [0.2, 0.25) is 0 Å². The Labute approximate surface area is 128 Å². The van der Waals surface area contributed by atoms with Gasteiger partial charge in [0.2, 0.25) is 0 Å². The molecule has 0 fully saturated rings. The Morgan fingerprint density at radius 2 is 1.95 bits per heavy atom. The fourth-order valence-corrected chi connectivity index (χ4v) is 2.05. The van der Waals surface area contributed by atoms with Gasteiger partial charge >= 0.3 is 0 Å². The molecule has 0 saturated carbocycles. The van der Waals surface area contributed by atoms with Gasteiger partial charge in [0, 0.05) is 9.13 Å². The van der Waals surface area contributed by atoms with Gasteiger partial charge in [-0.2, -0.15) is 0 Å². The predicted molar refractivity (Wildman–Crippen MR) is 81.3 cm³/mol. The number of benzene rings is 2. The molecule has 104 valence electrons. The second kappa shape index (κ2) is 6.17. The Morgan fingerprint density at radius 1 is 1.30 bits per heavy atom. The Morgan fingerprint density at radius 3 is 2.55 bits per heavy atom. The molecule has 0 amide bonds. The first kappa shape index (κ1) is 14.7. The van der Waals surface area contributed by atoms with Crippen LogP contribution in [-0.4, -0.2) is 4.92 Å². The molecule has 0 unspecified atom stereocenters. The van der Waals surface area contributed by atoms with E-state index in [1.165, 1.54) is 6.07 Å². The summed E-state index contributed by atoms with van der Waals surface area (Å²) in [5, 5.41) is 10.7. The molecule has 0 aliphatic heterocycles. The number of nitro groups is 1. The van der Waals surface area contributed by atoms with Gasteiger partial charge in [-0.3, -0.25) is 10.1 Å². The van der Waals surface area contributed by atoms with Crippen LogP contribution in [0, 0.1) is 26.4 Å². The highest BCUT2D eigenvalue weighted by molar-refractivity contribution is 14.1. The molecule has 0 aliphatic rings. The van der Waals surface area contributed by atoms with Crippen LogP contribution in [0.15, 0.2) is 36.4 Å². The van der Waals surface area contributed by atoms with Gasteiger partial charge in [-0.1, -0.05) is 12.1 Å². The van der Waals surface area contributed by atoms with E-state index in [1.54, 1.807) is 6.92 Å². The van der Waals surface area contributed by atoms with Crippen LogP contribution in [0.25, 0.3) is 0 Å². The van der Waals surface area contributed by atoms with E-state index >= 15 is 0 Å². The second-order valence-electron chi connectivity index (χ2n) is 4.24. The lowest BCUT2D eigenvalue weighted by atomic mass is 10.2. The number of aryl methyl sites for hydroxylation is 1. The highest BCUT2D eigenvalue weighted by atomic mass is 127. The first-order valence-electron chi connectivity index (χ1n) is 5.79. The summed E-state index contributed by atoms with van der Waals surface area (Å²) in [6.45, 7) is 1.76. The summed E-state index contributed by atoms with van der Waals surface area (Å²) in [7, 11) is 0. The fourth-order valence-electron chi connectivity index (χ4n) is 1.69. The average molecular weight is 387 g/mol. The van der Waals surface area contributed by atoms with Crippen molar-refractivity contribution in [3.8, 4) is 5.75 Å². The Balaban J connectivity index is 2.16. The first-order chi connectivity index (χ1) is 9.47. The molecular formula is C14H11FINO3. The summed E-state index contributed by atoms with van der Waals surface area (Å²) in [6.07, 6.45) is 0. The first-order valence-corrected chi connectivity index (χ1v) is 6.87. The van der Waals surface area contributed by atoms with Crippen LogP contribution in [0.3, 0.4) is 0 Å². The Bertz CT molecular complexity index is 644. The molecule has 0 heterocycles. The summed E-state index contributed by atoms with van der Waals surface area (Å²) >= 11 is 2.19.